The van der Waals surface area contributed by atoms with Gasteiger partial charge in [-0.3, -0.25) is 14.5 Å². The number of amides is 2. The summed E-state index contributed by atoms with van der Waals surface area (Å²) >= 11 is 0. The van der Waals surface area contributed by atoms with Crippen molar-refractivity contribution in [2.75, 3.05) is 39.3 Å². The number of nitrogens with two attached hydrogens (primary N) is 1. The number of aromatic nitrogens is 1. The molecule has 0 radical (unpaired) electrons. The second kappa shape index (κ2) is 10.4. The highest BCUT2D eigenvalue weighted by Gasteiger charge is 2.23. The molecule has 1 aromatic heterocycles. The van der Waals surface area contributed by atoms with Gasteiger partial charge in [-0.05, 0) is 36.2 Å². The van der Waals surface area contributed by atoms with Gasteiger partial charge in [0.2, 0.25) is 15.9 Å². The maximum absolute atomic E-state index is 12.8. The van der Waals surface area contributed by atoms with Crippen LogP contribution in [0.4, 0.5) is 0 Å². The number of carbonyl (C=O) groups is 2. The van der Waals surface area contributed by atoms with Gasteiger partial charge < -0.3 is 15.2 Å². The molecule has 1 fully saturated rings. The molecule has 0 bridgehead atoms. The van der Waals surface area contributed by atoms with Crippen molar-refractivity contribution in [1.29, 1.82) is 0 Å². The van der Waals surface area contributed by atoms with Crippen LogP contribution in [0, 0.1) is 0 Å². The van der Waals surface area contributed by atoms with Gasteiger partial charge in [0.25, 0.3) is 5.91 Å². The molecule has 1 aliphatic heterocycles. The van der Waals surface area contributed by atoms with E-state index in [2.05, 4.69) is 15.2 Å². The van der Waals surface area contributed by atoms with E-state index in [0.717, 1.165) is 29.6 Å². The molecule has 180 valence electrons. The predicted molar refractivity (Wildman–Crippen MR) is 130 cm³/mol. The number of para-hydroxylation sites is 1. The van der Waals surface area contributed by atoms with Crippen molar-refractivity contribution in [3.8, 4) is 0 Å². The van der Waals surface area contributed by atoms with E-state index in [-0.39, 0.29) is 16.7 Å². The minimum absolute atomic E-state index is 0.00527. The third-order valence-corrected chi connectivity index (χ3v) is 6.99. The minimum Gasteiger partial charge on any atom is -0.356 e. The maximum atomic E-state index is 12.8. The maximum Gasteiger partial charge on any atom is 0.270 e. The van der Waals surface area contributed by atoms with Crippen LogP contribution in [0.25, 0.3) is 10.9 Å². The van der Waals surface area contributed by atoms with Crippen molar-refractivity contribution < 1.29 is 18.0 Å². The second-order valence-corrected chi connectivity index (χ2v) is 10.0. The van der Waals surface area contributed by atoms with Crippen LogP contribution in [-0.4, -0.2) is 74.3 Å². The van der Waals surface area contributed by atoms with Crippen molar-refractivity contribution in [3.63, 3.8) is 0 Å². The zero-order valence-electron chi connectivity index (χ0n) is 18.9. The number of primary sulfonamides is 1. The molecule has 0 atom stereocenters. The SMILES string of the molecule is NS(=O)(=O)c1ccc(CCNC(=O)CCN2CCN(C(=O)c3cc4ccccc4[nH]3)CC2)cc1. The molecule has 4 N–H and O–H groups in total. The zero-order valence-corrected chi connectivity index (χ0v) is 19.7. The molecule has 10 heteroatoms. The fourth-order valence-corrected chi connectivity index (χ4v) is 4.59. The van der Waals surface area contributed by atoms with E-state index in [1.165, 1.54) is 12.1 Å². The number of rotatable bonds is 8. The average molecular weight is 484 g/mol. The number of aromatic amines is 1. The standard InChI is InChI=1S/C24H29N5O4S/c25-34(32,33)20-7-5-18(6-8-20)9-11-26-23(30)10-12-28-13-15-29(16-14-28)24(31)22-17-19-3-1-2-4-21(19)27-22/h1-8,17,27H,9-16H2,(H,26,30)(H2,25,32,33). The van der Waals surface area contributed by atoms with Crippen LogP contribution in [-0.2, 0) is 21.2 Å². The molecule has 2 amide bonds. The first-order valence-corrected chi connectivity index (χ1v) is 12.8. The summed E-state index contributed by atoms with van der Waals surface area (Å²) in [5, 5.41) is 9.02. The lowest BCUT2D eigenvalue weighted by molar-refractivity contribution is -0.121. The summed E-state index contributed by atoms with van der Waals surface area (Å²) in [6.07, 6.45) is 0.992. The molecule has 0 spiro atoms. The molecule has 0 aliphatic carbocycles. The van der Waals surface area contributed by atoms with E-state index in [4.69, 9.17) is 5.14 Å². The van der Waals surface area contributed by atoms with Crippen molar-refractivity contribution in [2.24, 2.45) is 5.14 Å². The van der Waals surface area contributed by atoms with Crippen molar-refractivity contribution in [1.82, 2.24) is 20.1 Å². The molecule has 3 aromatic rings. The summed E-state index contributed by atoms with van der Waals surface area (Å²) in [6.45, 7) is 3.84. The van der Waals surface area contributed by atoms with Gasteiger partial charge in [-0.2, -0.15) is 0 Å². The van der Waals surface area contributed by atoms with Crippen molar-refractivity contribution in [3.05, 3.63) is 65.9 Å². The summed E-state index contributed by atoms with van der Waals surface area (Å²) in [4.78, 5) is 32.3. The fraction of sp³-hybridized carbons (Fsp3) is 0.333. The Morgan fingerprint density at radius 3 is 2.38 bits per heavy atom. The normalized spacial score (nSPS) is 14.9. The topological polar surface area (TPSA) is 129 Å². The Balaban J connectivity index is 1.15. The number of hydrogen-bond donors (Lipinski definition) is 3. The van der Waals surface area contributed by atoms with E-state index >= 15 is 0 Å². The largest absolute Gasteiger partial charge is 0.356 e. The van der Waals surface area contributed by atoms with Gasteiger partial charge in [0, 0.05) is 56.6 Å². The van der Waals surface area contributed by atoms with Gasteiger partial charge in [0.15, 0.2) is 0 Å². The Labute approximate surface area is 199 Å². The minimum atomic E-state index is -3.70. The van der Waals surface area contributed by atoms with E-state index in [9.17, 15) is 18.0 Å². The molecule has 0 unspecified atom stereocenters. The van der Waals surface area contributed by atoms with Crippen LogP contribution in [0.1, 0.15) is 22.5 Å². The van der Waals surface area contributed by atoms with Gasteiger partial charge in [-0.1, -0.05) is 30.3 Å². The Kier molecular flexibility index (Phi) is 7.30. The highest BCUT2D eigenvalue weighted by molar-refractivity contribution is 7.89. The molecule has 1 aliphatic rings. The first kappa shape index (κ1) is 23.9. The van der Waals surface area contributed by atoms with E-state index in [0.29, 0.717) is 44.7 Å². The Bertz CT molecular complexity index is 1230. The number of nitrogens with zero attached hydrogens (tertiary/aromatic N) is 2. The summed E-state index contributed by atoms with van der Waals surface area (Å²) in [7, 11) is -3.70. The molecular weight excluding hydrogens is 454 g/mol. The quantitative estimate of drug-likeness (QED) is 0.445. The van der Waals surface area contributed by atoms with Crippen molar-refractivity contribution >= 4 is 32.7 Å². The fourth-order valence-electron chi connectivity index (χ4n) is 4.07. The molecule has 2 aromatic carbocycles. The molecule has 9 nitrogen and oxygen atoms in total. The number of nitrogens with one attached hydrogen (secondary N) is 2. The highest BCUT2D eigenvalue weighted by Crippen LogP contribution is 2.17. The molecule has 1 saturated heterocycles. The smallest absolute Gasteiger partial charge is 0.270 e. The van der Waals surface area contributed by atoms with Crippen LogP contribution >= 0.6 is 0 Å². The third-order valence-electron chi connectivity index (χ3n) is 6.06. The molecule has 2 heterocycles. The number of sulfonamides is 1. The highest BCUT2D eigenvalue weighted by atomic mass is 32.2. The van der Waals surface area contributed by atoms with Gasteiger partial charge in [-0.25, -0.2) is 13.6 Å². The van der Waals surface area contributed by atoms with Gasteiger partial charge in [-0.15, -0.1) is 0 Å². The van der Waals surface area contributed by atoms with E-state index in [1.54, 1.807) is 12.1 Å². The Hall–Kier alpha value is -3.21. The van der Waals surface area contributed by atoms with Gasteiger partial charge in [0.05, 0.1) is 4.90 Å². The molecular formula is C24H29N5O4S. The lowest BCUT2D eigenvalue weighted by Gasteiger charge is -2.34. The molecule has 34 heavy (non-hydrogen) atoms. The van der Waals surface area contributed by atoms with Crippen LogP contribution in [0.5, 0.6) is 0 Å². The molecule has 4 rings (SSSR count). The van der Waals surface area contributed by atoms with E-state index < -0.39 is 10.0 Å². The third kappa shape index (κ3) is 6.02. The number of fused-ring (bicyclic) bond motifs is 1. The number of H-pyrrole nitrogens is 1. The first-order chi connectivity index (χ1) is 16.3. The van der Waals surface area contributed by atoms with Crippen molar-refractivity contribution in [2.45, 2.75) is 17.7 Å². The summed E-state index contributed by atoms with van der Waals surface area (Å²) in [5.41, 5.74) is 2.48. The average Bonchev–Trinajstić information content (AvgIpc) is 3.27. The Morgan fingerprint density at radius 1 is 1.00 bits per heavy atom. The summed E-state index contributed by atoms with van der Waals surface area (Å²) < 4.78 is 22.6. The van der Waals surface area contributed by atoms with E-state index in [1.807, 2.05) is 35.2 Å². The number of piperazine rings is 1. The lowest BCUT2D eigenvalue weighted by Crippen LogP contribution is -2.49. The summed E-state index contributed by atoms with van der Waals surface area (Å²) in [5.74, 6) is -0.0246. The number of carbonyl (C=O) groups excluding carboxylic acids is 2. The summed E-state index contributed by atoms with van der Waals surface area (Å²) in [6, 6.07) is 16.1. The van der Waals surface area contributed by atoms with Crippen LogP contribution < -0.4 is 10.5 Å². The van der Waals surface area contributed by atoms with Crippen LogP contribution in [0.2, 0.25) is 0 Å². The number of hydrogen-bond acceptors (Lipinski definition) is 5. The second-order valence-electron chi connectivity index (χ2n) is 8.44. The first-order valence-electron chi connectivity index (χ1n) is 11.3. The number of benzene rings is 2. The zero-order chi connectivity index (χ0) is 24.1. The van der Waals surface area contributed by atoms with Gasteiger partial charge >= 0.3 is 0 Å². The molecule has 0 saturated carbocycles. The predicted octanol–water partition coefficient (Wildman–Crippen LogP) is 1.32. The lowest BCUT2D eigenvalue weighted by atomic mass is 10.1. The Morgan fingerprint density at radius 2 is 1.71 bits per heavy atom. The monoisotopic (exact) mass is 483 g/mol. The van der Waals surface area contributed by atoms with Gasteiger partial charge in [0.1, 0.15) is 5.69 Å². The van der Waals surface area contributed by atoms with Crippen LogP contribution in [0.15, 0.2) is 59.5 Å². The van der Waals surface area contributed by atoms with Crippen LogP contribution in [0.3, 0.4) is 0 Å².